The molecule has 0 aliphatic rings. The van der Waals surface area contributed by atoms with Crippen LogP contribution in [0.25, 0.3) is 11.3 Å². The van der Waals surface area contributed by atoms with Crippen molar-refractivity contribution in [3.63, 3.8) is 0 Å². The topological polar surface area (TPSA) is 83.0 Å². The van der Waals surface area contributed by atoms with Gasteiger partial charge in [-0.2, -0.15) is 4.98 Å². The Hall–Kier alpha value is -3.06. The van der Waals surface area contributed by atoms with Gasteiger partial charge in [0.1, 0.15) is 11.6 Å². The maximum atomic E-state index is 13.9. The highest BCUT2D eigenvalue weighted by Crippen LogP contribution is 2.24. The van der Waals surface area contributed by atoms with Crippen LogP contribution in [-0.4, -0.2) is 33.2 Å². The van der Waals surface area contributed by atoms with Crippen molar-refractivity contribution in [3.05, 3.63) is 60.7 Å². The first-order chi connectivity index (χ1) is 12.3. The summed E-state index contributed by atoms with van der Waals surface area (Å²) in [5, 5.41) is 15.0. The summed E-state index contributed by atoms with van der Waals surface area (Å²) >= 11 is 0. The minimum Gasteiger partial charge on any atom is -0.396 e. The monoisotopic (exact) mass is 339 g/mol. The Balaban J connectivity index is 1.93. The summed E-state index contributed by atoms with van der Waals surface area (Å²) in [4.78, 5) is 12.8. The number of nitrogens with zero attached hydrogens (tertiary/aromatic N) is 3. The van der Waals surface area contributed by atoms with E-state index in [2.05, 4.69) is 25.6 Å². The average molecular weight is 339 g/mol. The number of para-hydroxylation sites is 1. The van der Waals surface area contributed by atoms with Crippen LogP contribution in [0, 0.1) is 5.82 Å². The second kappa shape index (κ2) is 8.16. The average Bonchev–Trinajstić information content (AvgIpc) is 2.64. The fraction of sp³-hybridized carbons (Fsp3) is 0.167. The van der Waals surface area contributed by atoms with E-state index in [4.69, 9.17) is 5.11 Å². The molecule has 0 aliphatic heterocycles. The molecular formula is C18H18FN5O. The number of pyridine rings is 1. The van der Waals surface area contributed by atoms with Crippen molar-refractivity contribution in [2.75, 3.05) is 23.8 Å². The molecule has 1 aromatic carbocycles. The minimum atomic E-state index is -0.360. The van der Waals surface area contributed by atoms with Crippen LogP contribution in [0.5, 0.6) is 0 Å². The smallest absolute Gasteiger partial charge is 0.225 e. The first kappa shape index (κ1) is 16.8. The van der Waals surface area contributed by atoms with E-state index in [1.807, 2.05) is 12.1 Å². The molecule has 0 fully saturated rings. The van der Waals surface area contributed by atoms with Crippen LogP contribution < -0.4 is 10.6 Å². The number of hydrogen-bond acceptors (Lipinski definition) is 6. The standard InChI is InChI=1S/C18H18FN5O/c19-14-4-1-2-5-15(14)22-17-12-16(13-6-9-20-10-7-13)23-18(24-17)21-8-3-11-25/h1-2,4-7,9-10,12,25H,3,8,11H2,(H2,21,22,23,24). The lowest BCUT2D eigenvalue weighted by Crippen LogP contribution is -2.09. The van der Waals surface area contributed by atoms with E-state index < -0.39 is 0 Å². The van der Waals surface area contributed by atoms with Crippen LogP contribution in [0.1, 0.15) is 6.42 Å². The van der Waals surface area contributed by atoms with E-state index in [1.165, 1.54) is 6.07 Å². The fourth-order valence-corrected chi connectivity index (χ4v) is 2.24. The Morgan fingerprint density at radius 2 is 1.84 bits per heavy atom. The summed E-state index contributed by atoms with van der Waals surface area (Å²) in [5.74, 6) is 0.515. The highest BCUT2D eigenvalue weighted by atomic mass is 19.1. The molecule has 0 saturated carbocycles. The number of hydrogen-bond donors (Lipinski definition) is 3. The van der Waals surface area contributed by atoms with Gasteiger partial charge in [-0.05, 0) is 30.7 Å². The van der Waals surface area contributed by atoms with E-state index in [9.17, 15) is 4.39 Å². The zero-order chi connectivity index (χ0) is 17.5. The summed E-state index contributed by atoms with van der Waals surface area (Å²) in [7, 11) is 0. The number of rotatable bonds is 7. The molecule has 25 heavy (non-hydrogen) atoms. The summed E-state index contributed by atoms with van der Waals surface area (Å²) in [6, 6.07) is 11.8. The largest absolute Gasteiger partial charge is 0.396 e. The van der Waals surface area contributed by atoms with Crippen LogP contribution in [0.15, 0.2) is 54.9 Å². The highest BCUT2D eigenvalue weighted by molar-refractivity contribution is 5.67. The van der Waals surface area contributed by atoms with Crippen molar-refractivity contribution >= 4 is 17.5 Å². The van der Waals surface area contributed by atoms with Crippen molar-refractivity contribution in [2.45, 2.75) is 6.42 Å². The minimum absolute atomic E-state index is 0.0807. The van der Waals surface area contributed by atoms with Gasteiger partial charge in [0.15, 0.2) is 0 Å². The lowest BCUT2D eigenvalue weighted by molar-refractivity contribution is 0.292. The molecule has 0 aliphatic carbocycles. The number of aliphatic hydroxyl groups is 1. The zero-order valence-electron chi connectivity index (χ0n) is 13.5. The van der Waals surface area contributed by atoms with Gasteiger partial charge in [0.05, 0.1) is 11.4 Å². The van der Waals surface area contributed by atoms with Gasteiger partial charge in [-0.1, -0.05) is 12.1 Å². The molecule has 0 unspecified atom stereocenters. The van der Waals surface area contributed by atoms with Crippen molar-refractivity contribution < 1.29 is 9.50 Å². The molecule has 6 nitrogen and oxygen atoms in total. The lowest BCUT2D eigenvalue weighted by atomic mass is 10.2. The van der Waals surface area contributed by atoms with Crippen molar-refractivity contribution in [1.29, 1.82) is 0 Å². The number of aliphatic hydroxyl groups excluding tert-OH is 1. The Morgan fingerprint density at radius 1 is 1.04 bits per heavy atom. The molecule has 0 amide bonds. The van der Waals surface area contributed by atoms with Crippen LogP contribution >= 0.6 is 0 Å². The molecule has 3 N–H and O–H groups in total. The summed E-state index contributed by atoms with van der Waals surface area (Å²) in [6.07, 6.45) is 3.94. The van der Waals surface area contributed by atoms with Gasteiger partial charge < -0.3 is 15.7 Å². The van der Waals surface area contributed by atoms with Gasteiger partial charge >= 0.3 is 0 Å². The second-order valence-corrected chi connectivity index (χ2v) is 5.31. The molecule has 128 valence electrons. The van der Waals surface area contributed by atoms with Gasteiger partial charge in [-0.3, -0.25) is 4.98 Å². The molecule has 7 heteroatoms. The third kappa shape index (κ3) is 4.48. The molecule has 0 atom stereocenters. The molecule has 2 heterocycles. The zero-order valence-corrected chi connectivity index (χ0v) is 13.5. The molecule has 3 aromatic rings. The molecule has 0 bridgehead atoms. The maximum absolute atomic E-state index is 13.9. The van der Waals surface area contributed by atoms with Crippen LogP contribution in [-0.2, 0) is 0 Å². The predicted molar refractivity (Wildman–Crippen MR) is 95.1 cm³/mol. The third-order valence-electron chi connectivity index (χ3n) is 3.46. The van der Waals surface area contributed by atoms with Gasteiger partial charge in [0.2, 0.25) is 5.95 Å². The van der Waals surface area contributed by atoms with E-state index in [0.717, 1.165) is 5.56 Å². The summed E-state index contributed by atoms with van der Waals surface area (Å²) in [6.45, 7) is 0.618. The van der Waals surface area contributed by atoms with Gasteiger partial charge in [0, 0.05) is 37.2 Å². The van der Waals surface area contributed by atoms with Gasteiger partial charge in [0.25, 0.3) is 0 Å². The second-order valence-electron chi connectivity index (χ2n) is 5.31. The van der Waals surface area contributed by atoms with E-state index in [0.29, 0.717) is 36.1 Å². The van der Waals surface area contributed by atoms with E-state index in [-0.39, 0.29) is 12.4 Å². The predicted octanol–water partition coefficient (Wildman–Crippen LogP) is 3.22. The van der Waals surface area contributed by atoms with Crippen LogP contribution in [0.4, 0.5) is 21.8 Å². The number of nitrogens with one attached hydrogen (secondary N) is 2. The normalized spacial score (nSPS) is 10.5. The maximum Gasteiger partial charge on any atom is 0.225 e. The molecule has 2 aromatic heterocycles. The molecular weight excluding hydrogens is 321 g/mol. The third-order valence-corrected chi connectivity index (χ3v) is 3.46. The quantitative estimate of drug-likeness (QED) is 0.573. The number of benzene rings is 1. The first-order valence-electron chi connectivity index (χ1n) is 7.92. The lowest BCUT2D eigenvalue weighted by Gasteiger charge is -2.11. The van der Waals surface area contributed by atoms with E-state index in [1.54, 1.807) is 36.7 Å². The Morgan fingerprint density at radius 3 is 2.60 bits per heavy atom. The number of aromatic nitrogens is 3. The van der Waals surface area contributed by atoms with Crippen molar-refractivity contribution in [2.24, 2.45) is 0 Å². The van der Waals surface area contributed by atoms with Crippen LogP contribution in [0.2, 0.25) is 0 Å². The summed E-state index contributed by atoms with van der Waals surface area (Å²) in [5.41, 5.74) is 1.89. The fourth-order valence-electron chi connectivity index (χ4n) is 2.24. The van der Waals surface area contributed by atoms with E-state index >= 15 is 0 Å². The SMILES string of the molecule is OCCCNc1nc(Nc2ccccc2F)cc(-c2ccncc2)n1. The Kier molecular flexibility index (Phi) is 5.48. The molecule has 3 rings (SSSR count). The molecule has 0 saturated heterocycles. The van der Waals surface area contributed by atoms with Crippen molar-refractivity contribution in [1.82, 2.24) is 15.0 Å². The number of halogens is 1. The van der Waals surface area contributed by atoms with Gasteiger partial charge in [-0.25, -0.2) is 9.37 Å². The van der Waals surface area contributed by atoms with Gasteiger partial charge in [-0.15, -0.1) is 0 Å². The summed E-state index contributed by atoms with van der Waals surface area (Å²) < 4.78 is 13.9. The Bertz CT molecular complexity index is 829. The first-order valence-corrected chi connectivity index (χ1v) is 7.92. The molecule has 0 spiro atoms. The highest BCUT2D eigenvalue weighted by Gasteiger charge is 2.09. The van der Waals surface area contributed by atoms with Crippen LogP contribution in [0.3, 0.4) is 0 Å². The van der Waals surface area contributed by atoms with Crippen molar-refractivity contribution in [3.8, 4) is 11.3 Å². The Labute approximate surface area is 144 Å². The number of anilines is 3. The molecule has 0 radical (unpaired) electrons.